The first-order valence-electron chi connectivity index (χ1n) is 17.9. The summed E-state index contributed by atoms with van der Waals surface area (Å²) in [6, 6.07) is 21.4. The van der Waals surface area contributed by atoms with E-state index >= 15 is 0 Å². The zero-order chi connectivity index (χ0) is 36.3. The Morgan fingerprint density at radius 2 is 1.79 bits per heavy atom. The number of nitrogens with one attached hydrogen (secondary N) is 3. The van der Waals surface area contributed by atoms with Gasteiger partial charge < -0.3 is 20.7 Å². The molecule has 52 heavy (non-hydrogen) atoms. The number of methoxy groups -OCH3 is 1. The third kappa shape index (κ3) is 9.94. The van der Waals surface area contributed by atoms with Gasteiger partial charge in [-0.1, -0.05) is 86.1 Å². The largest absolute Gasteiger partial charge is 0.467 e. The second-order valence-corrected chi connectivity index (χ2v) is 15.1. The fourth-order valence-corrected chi connectivity index (χ4v) is 7.09. The quantitative estimate of drug-likeness (QED) is 0.0788. The molecule has 1 fully saturated rings. The maximum atomic E-state index is 12.8. The number of amides is 1. The van der Waals surface area contributed by atoms with Gasteiger partial charge in [0.05, 0.1) is 12.8 Å². The molecule has 0 spiro atoms. The number of thioether (sulfide) groups is 1. The number of carbonyl (C=O) groups excluding carboxylic acids is 2. The van der Waals surface area contributed by atoms with Crippen molar-refractivity contribution < 1.29 is 14.3 Å². The molecule has 0 aliphatic heterocycles. The minimum atomic E-state index is -0.744. The van der Waals surface area contributed by atoms with Crippen LogP contribution in [0.4, 0.5) is 5.82 Å². The molecule has 5 aromatic rings. The number of anilines is 1. The van der Waals surface area contributed by atoms with Gasteiger partial charge in [-0.3, -0.25) is 4.79 Å². The van der Waals surface area contributed by atoms with Crippen LogP contribution in [0.15, 0.2) is 72.9 Å². The van der Waals surface area contributed by atoms with Crippen LogP contribution in [0.5, 0.6) is 0 Å². The summed E-state index contributed by atoms with van der Waals surface area (Å²) >= 11 is 1.56. The van der Waals surface area contributed by atoms with E-state index in [9.17, 15) is 9.59 Å². The van der Waals surface area contributed by atoms with Crippen LogP contribution in [0, 0.1) is 5.41 Å². The van der Waals surface area contributed by atoms with Crippen LogP contribution >= 0.6 is 11.8 Å². The molecule has 13 nitrogen and oxygen atoms in total. The molecule has 0 bridgehead atoms. The van der Waals surface area contributed by atoms with Gasteiger partial charge in [0.25, 0.3) is 0 Å². The summed E-state index contributed by atoms with van der Waals surface area (Å²) in [5.41, 5.74) is 4.90. The highest BCUT2D eigenvalue weighted by Crippen LogP contribution is 2.40. The summed E-state index contributed by atoms with van der Waals surface area (Å²) < 4.78 is 8.27. The number of ether oxygens (including phenoxy) is 1. The first kappa shape index (κ1) is 37.0. The molecule has 3 N–H and O–H groups in total. The third-order valence-electron chi connectivity index (χ3n) is 9.23. The number of carbonyl (C=O) groups is 2. The van der Waals surface area contributed by atoms with Gasteiger partial charge in [-0.2, -0.15) is 16.3 Å². The Morgan fingerprint density at radius 3 is 2.52 bits per heavy atom. The summed E-state index contributed by atoms with van der Waals surface area (Å²) in [6.45, 7) is 6.84. The molecule has 6 rings (SSSR count). The van der Waals surface area contributed by atoms with E-state index in [1.54, 1.807) is 18.0 Å². The first-order valence-corrected chi connectivity index (χ1v) is 19.1. The predicted octanol–water partition coefficient (Wildman–Crippen LogP) is 4.90. The van der Waals surface area contributed by atoms with Gasteiger partial charge in [-0.05, 0) is 55.2 Å². The minimum Gasteiger partial charge on any atom is -0.467 e. The Balaban J connectivity index is 0.939. The Hall–Kier alpha value is -4.82. The Bertz CT molecular complexity index is 1910. The minimum absolute atomic E-state index is 0.0293. The molecule has 0 saturated heterocycles. The van der Waals surface area contributed by atoms with Crippen LogP contribution in [-0.4, -0.2) is 85.2 Å². The van der Waals surface area contributed by atoms with E-state index in [4.69, 9.17) is 9.84 Å². The SMILES string of the molecule is COC(=O)[C@H](CSCc1ccccc1)NC(=O)Cn1cc(CCCNCC(C)(C)CNc2nn3c(-c4ccccc4)nnc3cc2C2CCC2)nn1. The number of hydrogen-bond donors (Lipinski definition) is 3. The summed E-state index contributed by atoms with van der Waals surface area (Å²) in [5, 5.41) is 32.4. The lowest BCUT2D eigenvalue weighted by Crippen LogP contribution is -2.44. The zero-order valence-corrected chi connectivity index (χ0v) is 30.9. The molecule has 3 heterocycles. The van der Waals surface area contributed by atoms with E-state index in [-0.39, 0.29) is 17.9 Å². The average Bonchev–Trinajstić information content (AvgIpc) is 3.76. The van der Waals surface area contributed by atoms with Crippen LogP contribution in [0.25, 0.3) is 17.0 Å². The standard InChI is InChI=1S/C38H48N10O3S/c1-38(2,26-40-35-31(28-16-10-17-28)20-33-43-44-36(48(33)45-35)29-14-8-5-9-15-29)25-39-19-11-18-30-21-47(46-42-30)22-34(49)41-32(37(50)51-3)24-52-23-27-12-6-4-7-13-27/h4-9,12-15,20-21,28,32,39H,10-11,16-19,22-26H2,1-3H3,(H,40,45)(H,41,49)/t32-/m0/s1. The lowest BCUT2D eigenvalue weighted by molar-refractivity contribution is -0.144. The van der Waals surface area contributed by atoms with Gasteiger partial charge in [-0.25, -0.2) is 9.48 Å². The van der Waals surface area contributed by atoms with Crippen molar-refractivity contribution in [2.75, 3.05) is 37.8 Å². The summed E-state index contributed by atoms with van der Waals surface area (Å²) in [6.07, 6.45) is 6.97. The molecule has 1 saturated carbocycles. The molecule has 0 radical (unpaired) electrons. The van der Waals surface area contributed by atoms with Crippen molar-refractivity contribution in [3.8, 4) is 11.4 Å². The van der Waals surface area contributed by atoms with E-state index in [0.717, 1.165) is 72.3 Å². The molecular weight excluding hydrogens is 677 g/mol. The van der Waals surface area contributed by atoms with Gasteiger partial charge in [0, 0.05) is 41.9 Å². The highest BCUT2D eigenvalue weighted by Gasteiger charge is 2.27. The Kier molecular flexibility index (Phi) is 12.5. The highest BCUT2D eigenvalue weighted by molar-refractivity contribution is 7.98. The van der Waals surface area contributed by atoms with Crippen LogP contribution in [0.2, 0.25) is 0 Å². The van der Waals surface area contributed by atoms with Crippen molar-refractivity contribution in [1.29, 1.82) is 0 Å². The van der Waals surface area contributed by atoms with Crippen LogP contribution in [0.3, 0.4) is 0 Å². The number of aromatic nitrogens is 7. The summed E-state index contributed by atoms with van der Waals surface area (Å²) in [5.74, 6) is 2.48. The monoisotopic (exact) mass is 724 g/mol. The fourth-order valence-electron chi connectivity index (χ4n) is 6.08. The van der Waals surface area contributed by atoms with E-state index in [1.807, 2.05) is 65.2 Å². The van der Waals surface area contributed by atoms with Gasteiger partial charge >= 0.3 is 5.97 Å². The van der Waals surface area contributed by atoms with E-state index in [1.165, 1.54) is 36.6 Å². The number of esters is 1. The van der Waals surface area contributed by atoms with E-state index < -0.39 is 12.0 Å². The molecule has 0 unspecified atom stereocenters. The molecule has 1 amide bonds. The average molecular weight is 725 g/mol. The van der Waals surface area contributed by atoms with Crippen molar-refractivity contribution in [1.82, 2.24) is 45.4 Å². The normalized spacial score (nSPS) is 13.8. The van der Waals surface area contributed by atoms with Crippen LogP contribution in [0.1, 0.15) is 62.3 Å². The molecule has 1 atom stereocenters. The summed E-state index contributed by atoms with van der Waals surface area (Å²) in [7, 11) is 1.33. The van der Waals surface area contributed by atoms with Crippen molar-refractivity contribution in [3.05, 3.63) is 89.7 Å². The lowest BCUT2D eigenvalue weighted by atomic mass is 9.80. The van der Waals surface area contributed by atoms with Crippen LogP contribution < -0.4 is 16.0 Å². The molecular formula is C38H48N10O3S. The Morgan fingerprint density at radius 1 is 1.02 bits per heavy atom. The lowest BCUT2D eigenvalue weighted by Gasteiger charge is -2.30. The number of rotatable bonds is 19. The summed E-state index contributed by atoms with van der Waals surface area (Å²) in [4.78, 5) is 25.1. The zero-order valence-electron chi connectivity index (χ0n) is 30.1. The Labute approximate surface area is 308 Å². The smallest absolute Gasteiger partial charge is 0.329 e. The predicted molar refractivity (Wildman–Crippen MR) is 203 cm³/mol. The number of hydrogen-bond acceptors (Lipinski definition) is 11. The third-order valence-corrected chi connectivity index (χ3v) is 10.3. The molecule has 274 valence electrons. The molecule has 1 aliphatic rings. The molecule has 14 heteroatoms. The second kappa shape index (κ2) is 17.6. The molecule has 3 aromatic heterocycles. The van der Waals surface area contributed by atoms with Crippen molar-refractivity contribution in [2.45, 2.75) is 70.2 Å². The van der Waals surface area contributed by atoms with Crippen molar-refractivity contribution in [2.24, 2.45) is 5.41 Å². The van der Waals surface area contributed by atoms with Gasteiger partial charge in [-0.15, -0.1) is 20.4 Å². The maximum absolute atomic E-state index is 12.8. The van der Waals surface area contributed by atoms with E-state index in [2.05, 4.69) is 56.4 Å². The number of benzene rings is 2. The van der Waals surface area contributed by atoms with Gasteiger partial charge in [0.2, 0.25) is 5.91 Å². The van der Waals surface area contributed by atoms with Gasteiger partial charge in [0.15, 0.2) is 17.3 Å². The van der Waals surface area contributed by atoms with Gasteiger partial charge in [0.1, 0.15) is 12.6 Å². The molecule has 2 aromatic carbocycles. The van der Waals surface area contributed by atoms with E-state index in [0.29, 0.717) is 11.7 Å². The molecule has 1 aliphatic carbocycles. The first-order chi connectivity index (χ1) is 25.3. The van der Waals surface area contributed by atoms with Crippen LogP contribution in [-0.2, 0) is 33.0 Å². The number of fused-ring (bicyclic) bond motifs is 1. The fraction of sp³-hybridized carbons (Fsp3) is 0.447. The van der Waals surface area contributed by atoms with Crippen molar-refractivity contribution in [3.63, 3.8) is 0 Å². The number of nitrogens with zero attached hydrogens (tertiary/aromatic N) is 7. The second-order valence-electron chi connectivity index (χ2n) is 14.1. The highest BCUT2D eigenvalue weighted by atomic mass is 32.2. The topological polar surface area (TPSA) is 153 Å². The van der Waals surface area contributed by atoms with Crippen molar-refractivity contribution >= 4 is 35.1 Å². The maximum Gasteiger partial charge on any atom is 0.329 e. The number of aryl methyl sites for hydroxylation is 1.